The summed E-state index contributed by atoms with van der Waals surface area (Å²) in [5.74, 6) is -1.82. The van der Waals surface area contributed by atoms with Crippen LogP contribution in [0.4, 0.5) is 0 Å². The van der Waals surface area contributed by atoms with Crippen molar-refractivity contribution in [2.24, 2.45) is 7.05 Å². The van der Waals surface area contributed by atoms with E-state index < -0.39 is 18.0 Å². The van der Waals surface area contributed by atoms with Gasteiger partial charge in [-0.1, -0.05) is 0 Å². The van der Waals surface area contributed by atoms with Crippen LogP contribution < -0.4 is 5.32 Å². The molecule has 1 amide bonds. The molecule has 0 radical (unpaired) electrons. The summed E-state index contributed by atoms with van der Waals surface area (Å²) in [7, 11) is 1.69. The Labute approximate surface area is 91.7 Å². The molecule has 0 aromatic carbocycles. The van der Waals surface area contributed by atoms with Gasteiger partial charge >= 0.3 is 5.97 Å². The van der Waals surface area contributed by atoms with Crippen LogP contribution in [0.2, 0.25) is 0 Å². The van der Waals surface area contributed by atoms with Crippen molar-refractivity contribution >= 4 is 11.9 Å². The molecule has 1 rings (SSSR count). The molecule has 7 nitrogen and oxygen atoms in total. The summed E-state index contributed by atoms with van der Waals surface area (Å²) in [6.45, 7) is 1.39. The summed E-state index contributed by atoms with van der Waals surface area (Å²) < 4.78 is 1.53. The van der Waals surface area contributed by atoms with E-state index in [0.29, 0.717) is 11.3 Å². The van der Waals surface area contributed by atoms with Crippen molar-refractivity contribution in [3.8, 4) is 0 Å². The predicted molar refractivity (Wildman–Crippen MR) is 53.9 cm³/mol. The summed E-state index contributed by atoms with van der Waals surface area (Å²) in [5, 5.41) is 23.6. The normalized spacial score (nSPS) is 12.2. The van der Waals surface area contributed by atoms with Gasteiger partial charge in [0.05, 0.1) is 18.3 Å². The van der Waals surface area contributed by atoms with E-state index in [1.165, 1.54) is 10.9 Å². The number of aromatic nitrogens is 2. The number of carboxylic acids is 1. The molecule has 1 atom stereocenters. The Morgan fingerprint density at radius 3 is 2.69 bits per heavy atom. The van der Waals surface area contributed by atoms with Crippen molar-refractivity contribution in [2.45, 2.75) is 13.0 Å². The second-order valence-corrected chi connectivity index (χ2v) is 3.33. The lowest BCUT2D eigenvalue weighted by Crippen LogP contribution is -2.36. The first-order valence-corrected chi connectivity index (χ1v) is 4.61. The lowest BCUT2D eigenvalue weighted by molar-refractivity contribution is -0.146. The first-order chi connectivity index (χ1) is 7.43. The fraction of sp³-hybridized carbons (Fsp3) is 0.444. The van der Waals surface area contributed by atoms with E-state index in [0.717, 1.165) is 0 Å². The van der Waals surface area contributed by atoms with Gasteiger partial charge in [-0.25, -0.2) is 4.79 Å². The monoisotopic (exact) mass is 227 g/mol. The van der Waals surface area contributed by atoms with E-state index in [1.807, 2.05) is 0 Å². The molecule has 0 saturated carbocycles. The second-order valence-electron chi connectivity index (χ2n) is 3.33. The fourth-order valence-electron chi connectivity index (χ4n) is 1.09. The average Bonchev–Trinajstić information content (AvgIpc) is 2.55. The third-order valence-electron chi connectivity index (χ3n) is 2.22. The van der Waals surface area contributed by atoms with Gasteiger partial charge in [0, 0.05) is 12.7 Å². The van der Waals surface area contributed by atoms with Crippen molar-refractivity contribution in [3.63, 3.8) is 0 Å². The van der Waals surface area contributed by atoms with Gasteiger partial charge in [0.15, 0.2) is 6.10 Å². The highest BCUT2D eigenvalue weighted by Gasteiger charge is 2.17. The maximum absolute atomic E-state index is 11.5. The molecule has 0 aliphatic heterocycles. The highest BCUT2D eigenvalue weighted by atomic mass is 16.4. The minimum absolute atomic E-state index is 0.331. The smallest absolute Gasteiger partial charge is 0.334 e. The minimum atomic E-state index is -1.60. The summed E-state index contributed by atoms with van der Waals surface area (Å²) in [6, 6.07) is 0. The van der Waals surface area contributed by atoms with Crippen LogP contribution in [-0.4, -0.2) is 44.5 Å². The number of carbonyl (C=O) groups is 2. The average molecular weight is 227 g/mol. The summed E-state index contributed by atoms with van der Waals surface area (Å²) in [5.41, 5.74) is 1.03. The number of aliphatic carboxylic acids is 1. The van der Waals surface area contributed by atoms with Crippen LogP contribution in [0.25, 0.3) is 0 Å². The number of aliphatic hydroxyl groups is 1. The van der Waals surface area contributed by atoms with Crippen molar-refractivity contribution in [1.82, 2.24) is 15.1 Å². The number of carbonyl (C=O) groups excluding carboxylic acids is 1. The maximum Gasteiger partial charge on any atom is 0.334 e. The first-order valence-electron chi connectivity index (χ1n) is 4.61. The molecule has 1 aromatic heterocycles. The van der Waals surface area contributed by atoms with Gasteiger partial charge in [-0.3, -0.25) is 9.48 Å². The molecule has 0 aliphatic carbocycles. The SMILES string of the molecule is Cc1c(C(=O)NC[C@H](O)C(=O)O)cnn1C. The van der Waals surface area contributed by atoms with Crippen LogP contribution in [0.15, 0.2) is 6.20 Å². The van der Waals surface area contributed by atoms with Gasteiger partial charge in [-0.15, -0.1) is 0 Å². The number of nitrogens with one attached hydrogen (secondary N) is 1. The molecule has 16 heavy (non-hydrogen) atoms. The number of nitrogens with zero attached hydrogens (tertiary/aromatic N) is 2. The Morgan fingerprint density at radius 2 is 2.25 bits per heavy atom. The highest BCUT2D eigenvalue weighted by molar-refractivity contribution is 5.95. The molecule has 0 saturated heterocycles. The number of amides is 1. The molecule has 3 N–H and O–H groups in total. The number of hydrogen-bond donors (Lipinski definition) is 3. The van der Waals surface area contributed by atoms with Gasteiger partial charge < -0.3 is 15.5 Å². The summed E-state index contributed by atoms with van der Waals surface area (Å²) >= 11 is 0. The number of hydrogen-bond acceptors (Lipinski definition) is 4. The third-order valence-corrected chi connectivity index (χ3v) is 2.22. The molecule has 0 aliphatic rings. The van der Waals surface area contributed by atoms with Crippen molar-refractivity contribution in [1.29, 1.82) is 0 Å². The molecule has 88 valence electrons. The predicted octanol–water partition coefficient (Wildman–Crippen LogP) is -1.10. The Morgan fingerprint density at radius 1 is 1.62 bits per heavy atom. The Hall–Kier alpha value is -1.89. The zero-order valence-corrected chi connectivity index (χ0v) is 8.97. The van der Waals surface area contributed by atoms with Gasteiger partial charge in [0.1, 0.15) is 0 Å². The third kappa shape index (κ3) is 2.57. The van der Waals surface area contributed by atoms with E-state index in [-0.39, 0.29) is 6.54 Å². The molecule has 0 spiro atoms. The lowest BCUT2D eigenvalue weighted by atomic mass is 10.2. The van der Waals surface area contributed by atoms with Crippen LogP contribution in [0.5, 0.6) is 0 Å². The Bertz CT molecular complexity index is 413. The van der Waals surface area contributed by atoms with Crippen LogP contribution in [0.1, 0.15) is 16.1 Å². The molecule has 0 unspecified atom stereocenters. The van der Waals surface area contributed by atoms with E-state index >= 15 is 0 Å². The zero-order valence-electron chi connectivity index (χ0n) is 8.97. The summed E-state index contributed by atoms with van der Waals surface area (Å²) in [6.07, 6.45) is -0.210. The number of carboxylic acid groups (broad SMARTS) is 1. The highest BCUT2D eigenvalue weighted by Crippen LogP contribution is 2.04. The van der Waals surface area contributed by atoms with E-state index in [2.05, 4.69) is 10.4 Å². The molecular weight excluding hydrogens is 214 g/mol. The molecule has 0 bridgehead atoms. The minimum Gasteiger partial charge on any atom is -0.479 e. The first kappa shape index (κ1) is 12.2. The Balaban J connectivity index is 2.60. The zero-order chi connectivity index (χ0) is 12.3. The second kappa shape index (κ2) is 4.75. The standard InChI is InChI=1S/C9H13N3O4/c1-5-6(3-11-12(5)2)8(14)10-4-7(13)9(15)16/h3,7,13H,4H2,1-2H3,(H,10,14)(H,15,16)/t7-/m0/s1. The molecule has 7 heteroatoms. The van der Waals surface area contributed by atoms with Gasteiger partial charge in [0.2, 0.25) is 0 Å². The van der Waals surface area contributed by atoms with Crippen LogP contribution in [0, 0.1) is 6.92 Å². The fourth-order valence-corrected chi connectivity index (χ4v) is 1.09. The van der Waals surface area contributed by atoms with Crippen molar-refractivity contribution in [2.75, 3.05) is 6.54 Å². The van der Waals surface area contributed by atoms with E-state index in [4.69, 9.17) is 10.2 Å². The van der Waals surface area contributed by atoms with Crippen molar-refractivity contribution < 1.29 is 19.8 Å². The van der Waals surface area contributed by atoms with Crippen LogP contribution in [0.3, 0.4) is 0 Å². The number of aliphatic hydroxyl groups excluding tert-OH is 1. The molecule has 1 aromatic rings. The number of rotatable bonds is 4. The van der Waals surface area contributed by atoms with Crippen LogP contribution >= 0.6 is 0 Å². The lowest BCUT2D eigenvalue weighted by Gasteiger charge is -2.07. The van der Waals surface area contributed by atoms with E-state index in [9.17, 15) is 9.59 Å². The van der Waals surface area contributed by atoms with Gasteiger partial charge in [0.25, 0.3) is 5.91 Å². The van der Waals surface area contributed by atoms with Gasteiger partial charge in [-0.05, 0) is 6.92 Å². The van der Waals surface area contributed by atoms with Crippen LogP contribution in [-0.2, 0) is 11.8 Å². The quantitative estimate of drug-likeness (QED) is 0.606. The maximum atomic E-state index is 11.5. The topological polar surface area (TPSA) is 104 Å². The molecule has 0 fully saturated rings. The van der Waals surface area contributed by atoms with Crippen molar-refractivity contribution in [3.05, 3.63) is 17.5 Å². The largest absolute Gasteiger partial charge is 0.479 e. The molecule has 1 heterocycles. The Kier molecular flexibility index (Phi) is 3.62. The van der Waals surface area contributed by atoms with Gasteiger partial charge in [-0.2, -0.15) is 5.10 Å². The summed E-state index contributed by atoms with van der Waals surface area (Å²) in [4.78, 5) is 21.8. The number of aryl methyl sites for hydroxylation is 1. The molecular formula is C9H13N3O4. The van der Waals surface area contributed by atoms with E-state index in [1.54, 1.807) is 14.0 Å².